The summed E-state index contributed by atoms with van der Waals surface area (Å²) >= 11 is 6.04. The summed E-state index contributed by atoms with van der Waals surface area (Å²) in [5.74, 6) is 0. The van der Waals surface area contributed by atoms with Gasteiger partial charge in [-0.3, -0.25) is 0 Å². The van der Waals surface area contributed by atoms with Gasteiger partial charge < -0.3 is 9.30 Å². The lowest BCUT2D eigenvalue weighted by Crippen LogP contribution is -2.09. The summed E-state index contributed by atoms with van der Waals surface area (Å²) < 4.78 is 8.06. The molecule has 22 heavy (non-hydrogen) atoms. The number of hydrogen-bond donors (Lipinski definition) is 0. The monoisotopic (exact) mass is 311 g/mol. The molecule has 1 atom stereocenters. The second-order valence-electron chi connectivity index (χ2n) is 5.99. The number of fused-ring (bicyclic) bond motifs is 1. The van der Waals surface area contributed by atoms with E-state index in [1.54, 1.807) is 0 Å². The fourth-order valence-corrected chi connectivity index (χ4v) is 3.44. The van der Waals surface area contributed by atoms with Crippen molar-refractivity contribution in [2.24, 2.45) is 0 Å². The van der Waals surface area contributed by atoms with Crippen LogP contribution in [0.1, 0.15) is 18.0 Å². The summed E-state index contributed by atoms with van der Waals surface area (Å²) in [4.78, 5) is 0. The van der Waals surface area contributed by atoms with Crippen LogP contribution in [0.3, 0.4) is 0 Å². The van der Waals surface area contributed by atoms with Crippen molar-refractivity contribution in [2.45, 2.75) is 19.4 Å². The minimum Gasteiger partial charge on any atom is -0.379 e. The van der Waals surface area contributed by atoms with E-state index >= 15 is 0 Å². The van der Waals surface area contributed by atoms with Crippen LogP contribution < -0.4 is 0 Å². The highest BCUT2D eigenvalue weighted by Crippen LogP contribution is 2.35. The van der Waals surface area contributed by atoms with E-state index in [9.17, 15) is 0 Å². The van der Waals surface area contributed by atoms with E-state index in [1.165, 1.54) is 27.7 Å². The molecule has 3 aromatic rings. The van der Waals surface area contributed by atoms with Gasteiger partial charge in [-0.15, -0.1) is 0 Å². The number of benzene rings is 2. The molecule has 112 valence electrons. The predicted molar refractivity (Wildman–Crippen MR) is 91.6 cm³/mol. The zero-order valence-electron chi connectivity index (χ0n) is 12.6. The molecule has 0 saturated carbocycles. The van der Waals surface area contributed by atoms with Gasteiger partial charge in [0.15, 0.2) is 0 Å². The number of hydrogen-bond acceptors (Lipinski definition) is 1. The Bertz CT molecular complexity index is 813. The zero-order chi connectivity index (χ0) is 15.1. The SMILES string of the molecule is Cc1ccc2c(c1)cc(-c1ccc(Cl)cc1)n2[C@H]1CCOC1. The van der Waals surface area contributed by atoms with Gasteiger partial charge in [-0.1, -0.05) is 35.4 Å². The highest BCUT2D eigenvalue weighted by Gasteiger charge is 2.22. The van der Waals surface area contributed by atoms with Crippen LogP contribution in [-0.4, -0.2) is 17.8 Å². The fraction of sp³-hybridized carbons (Fsp3) is 0.263. The van der Waals surface area contributed by atoms with Crippen molar-refractivity contribution in [3.8, 4) is 11.3 Å². The molecule has 1 aliphatic heterocycles. The number of aryl methyl sites for hydroxylation is 1. The van der Waals surface area contributed by atoms with E-state index in [-0.39, 0.29) is 0 Å². The lowest BCUT2D eigenvalue weighted by molar-refractivity contribution is 0.187. The molecule has 0 spiro atoms. The van der Waals surface area contributed by atoms with Gasteiger partial charge in [0.2, 0.25) is 0 Å². The van der Waals surface area contributed by atoms with E-state index in [2.05, 4.69) is 47.9 Å². The Labute approximate surface area is 135 Å². The molecule has 0 aliphatic carbocycles. The first kappa shape index (κ1) is 13.9. The summed E-state index contributed by atoms with van der Waals surface area (Å²) in [5, 5.41) is 2.06. The smallest absolute Gasteiger partial charge is 0.0675 e. The number of aromatic nitrogens is 1. The van der Waals surface area contributed by atoms with E-state index in [0.717, 1.165) is 24.7 Å². The van der Waals surface area contributed by atoms with Crippen molar-refractivity contribution in [3.05, 3.63) is 59.1 Å². The molecule has 0 amide bonds. The number of nitrogens with zero attached hydrogens (tertiary/aromatic N) is 1. The highest BCUT2D eigenvalue weighted by molar-refractivity contribution is 6.30. The number of ether oxygens (including phenoxy) is 1. The first-order valence-corrected chi connectivity index (χ1v) is 8.05. The standard InChI is InChI=1S/C19H18ClNO/c1-13-2-7-18-15(10-13)11-19(14-3-5-16(20)6-4-14)21(18)17-8-9-22-12-17/h2-7,10-11,17H,8-9,12H2,1H3/t17-/m0/s1. The number of rotatable bonds is 2. The molecule has 0 N–H and O–H groups in total. The molecule has 4 rings (SSSR count). The van der Waals surface area contributed by atoms with Crippen molar-refractivity contribution in [3.63, 3.8) is 0 Å². The Kier molecular flexibility index (Phi) is 3.44. The molecule has 1 aromatic heterocycles. The Hall–Kier alpha value is -1.77. The van der Waals surface area contributed by atoms with Crippen LogP contribution in [0.2, 0.25) is 5.02 Å². The summed E-state index contributed by atoms with van der Waals surface area (Å²) in [5.41, 5.74) is 5.01. The Balaban J connectivity index is 1.95. The van der Waals surface area contributed by atoms with Gasteiger partial charge >= 0.3 is 0 Å². The van der Waals surface area contributed by atoms with Crippen LogP contribution in [0.5, 0.6) is 0 Å². The van der Waals surface area contributed by atoms with Crippen LogP contribution in [0, 0.1) is 6.92 Å². The molecule has 3 heteroatoms. The largest absolute Gasteiger partial charge is 0.379 e. The molecule has 1 fully saturated rings. The molecule has 1 saturated heterocycles. The Morgan fingerprint density at radius 1 is 1.09 bits per heavy atom. The minimum atomic E-state index is 0.408. The maximum atomic E-state index is 6.04. The third-order valence-corrected chi connectivity index (χ3v) is 4.66. The first-order valence-electron chi connectivity index (χ1n) is 7.67. The summed E-state index contributed by atoms with van der Waals surface area (Å²) in [6.45, 7) is 3.77. The van der Waals surface area contributed by atoms with Gasteiger partial charge in [0.1, 0.15) is 0 Å². The highest BCUT2D eigenvalue weighted by atomic mass is 35.5. The summed E-state index contributed by atoms with van der Waals surface area (Å²) in [6, 6.07) is 17.4. The summed E-state index contributed by atoms with van der Waals surface area (Å²) in [7, 11) is 0. The van der Waals surface area contributed by atoms with E-state index in [1.807, 2.05) is 12.1 Å². The average molecular weight is 312 g/mol. The van der Waals surface area contributed by atoms with Crippen molar-refractivity contribution in [2.75, 3.05) is 13.2 Å². The molecular weight excluding hydrogens is 294 g/mol. The van der Waals surface area contributed by atoms with E-state index < -0.39 is 0 Å². The van der Waals surface area contributed by atoms with E-state index in [4.69, 9.17) is 16.3 Å². The fourth-order valence-electron chi connectivity index (χ4n) is 3.32. The van der Waals surface area contributed by atoms with Gasteiger partial charge in [-0.2, -0.15) is 0 Å². The molecule has 0 bridgehead atoms. The first-order chi connectivity index (χ1) is 10.7. The normalized spacial score (nSPS) is 18.2. The van der Waals surface area contributed by atoms with Crippen LogP contribution in [0.25, 0.3) is 22.2 Å². The van der Waals surface area contributed by atoms with Gasteiger partial charge in [0, 0.05) is 28.2 Å². The molecule has 2 aromatic carbocycles. The van der Waals surface area contributed by atoms with Crippen LogP contribution in [0.15, 0.2) is 48.5 Å². The van der Waals surface area contributed by atoms with Gasteiger partial charge in [0.05, 0.1) is 12.6 Å². The average Bonchev–Trinajstić information content (AvgIpc) is 3.14. The predicted octanol–water partition coefficient (Wildman–Crippen LogP) is 5.23. The maximum Gasteiger partial charge on any atom is 0.0675 e. The molecule has 2 heterocycles. The lowest BCUT2D eigenvalue weighted by Gasteiger charge is -2.17. The van der Waals surface area contributed by atoms with Gasteiger partial charge in [-0.05, 0) is 49.2 Å². The summed E-state index contributed by atoms with van der Waals surface area (Å²) in [6.07, 6.45) is 1.07. The minimum absolute atomic E-state index is 0.408. The Morgan fingerprint density at radius 2 is 1.91 bits per heavy atom. The molecular formula is C19H18ClNO. The molecule has 2 nitrogen and oxygen atoms in total. The third-order valence-electron chi connectivity index (χ3n) is 4.41. The second-order valence-corrected chi connectivity index (χ2v) is 6.42. The van der Waals surface area contributed by atoms with Crippen molar-refractivity contribution < 1.29 is 4.74 Å². The molecule has 0 radical (unpaired) electrons. The molecule has 1 aliphatic rings. The topological polar surface area (TPSA) is 14.2 Å². The van der Waals surface area contributed by atoms with Crippen LogP contribution >= 0.6 is 11.6 Å². The van der Waals surface area contributed by atoms with Gasteiger partial charge in [0.25, 0.3) is 0 Å². The van der Waals surface area contributed by atoms with Crippen molar-refractivity contribution >= 4 is 22.5 Å². The van der Waals surface area contributed by atoms with Crippen LogP contribution in [-0.2, 0) is 4.74 Å². The maximum absolute atomic E-state index is 6.04. The lowest BCUT2D eigenvalue weighted by atomic mass is 10.1. The quantitative estimate of drug-likeness (QED) is 0.632. The van der Waals surface area contributed by atoms with Gasteiger partial charge in [-0.25, -0.2) is 0 Å². The Morgan fingerprint density at radius 3 is 2.64 bits per heavy atom. The zero-order valence-corrected chi connectivity index (χ0v) is 13.3. The van der Waals surface area contributed by atoms with Crippen molar-refractivity contribution in [1.29, 1.82) is 0 Å². The van der Waals surface area contributed by atoms with Crippen molar-refractivity contribution in [1.82, 2.24) is 4.57 Å². The number of halogens is 1. The second kappa shape index (κ2) is 5.45. The van der Waals surface area contributed by atoms with Crippen LogP contribution in [0.4, 0.5) is 0 Å². The van der Waals surface area contributed by atoms with E-state index in [0.29, 0.717) is 6.04 Å². The molecule has 0 unspecified atom stereocenters. The third kappa shape index (κ3) is 2.33.